The van der Waals surface area contributed by atoms with Crippen LogP contribution in [0.4, 0.5) is 0 Å². The lowest BCUT2D eigenvalue weighted by molar-refractivity contribution is 0.0600. The molecule has 0 spiro atoms. The van der Waals surface area contributed by atoms with Crippen LogP contribution >= 0.6 is 15.9 Å². The molecule has 0 unspecified atom stereocenters. The van der Waals surface area contributed by atoms with Crippen molar-refractivity contribution < 1.29 is 14.3 Å². The van der Waals surface area contributed by atoms with Gasteiger partial charge in [-0.15, -0.1) is 0 Å². The number of rotatable bonds is 3. The summed E-state index contributed by atoms with van der Waals surface area (Å²) in [5.74, 6) is 0.782. The van der Waals surface area contributed by atoms with Crippen molar-refractivity contribution in [2.45, 2.75) is 6.92 Å². The van der Waals surface area contributed by atoms with E-state index in [1.54, 1.807) is 30.5 Å². The first kappa shape index (κ1) is 13.5. The van der Waals surface area contributed by atoms with Crippen LogP contribution in [-0.2, 0) is 4.74 Å². The normalized spacial score (nSPS) is 10.1. The number of pyridine rings is 1. The fourth-order valence-corrected chi connectivity index (χ4v) is 1.97. The molecular weight excluding hydrogens is 310 g/mol. The second-order valence-electron chi connectivity index (χ2n) is 3.89. The average molecular weight is 322 g/mol. The van der Waals surface area contributed by atoms with Gasteiger partial charge < -0.3 is 9.47 Å². The largest absolute Gasteiger partial charge is 0.465 e. The van der Waals surface area contributed by atoms with E-state index in [2.05, 4.69) is 25.7 Å². The van der Waals surface area contributed by atoms with Crippen molar-refractivity contribution in [1.29, 1.82) is 0 Å². The van der Waals surface area contributed by atoms with Crippen LogP contribution < -0.4 is 4.74 Å². The molecule has 1 heterocycles. The Morgan fingerprint density at radius 1 is 1.26 bits per heavy atom. The monoisotopic (exact) mass is 321 g/mol. The van der Waals surface area contributed by atoms with E-state index in [-0.39, 0.29) is 5.97 Å². The van der Waals surface area contributed by atoms with E-state index in [0.717, 1.165) is 10.0 Å². The molecule has 0 radical (unpaired) electrons. The van der Waals surface area contributed by atoms with Gasteiger partial charge in [0.2, 0.25) is 5.88 Å². The molecule has 1 aromatic heterocycles. The molecule has 0 saturated carbocycles. The van der Waals surface area contributed by atoms with E-state index >= 15 is 0 Å². The summed E-state index contributed by atoms with van der Waals surface area (Å²) in [5.41, 5.74) is 1.40. The smallest absolute Gasteiger partial charge is 0.337 e. The number of carbonyl (C=O) groups excluding carboxylic acids is 1. The minimum absolute atomic E-state index is 0.371. The number of halogens is 1. The molecule has 5 heteroatoms. The second kappa shape index (κ2) is 5.84. The van der Waals surface area contributed by atoms with Crippen LogP contribution in [0.1, 0.15) is 15.9 Å². The molecule has 0 aliphatic carbocycles. The number of aryl methyl sites for hydroxylation is 1. The maximum absolute atomic E-state index is 11.3. The minimum Gasteiger partial charge on any atom is -0.465 e. The Morgan fingerprint density at radius 2 is 1.95 bits per heavy atom. The fraction of sp³-hybridized carbons (Fsp3) is 0.143. The zero-order valence-electron chi connectivity index (χ0n) is 10.5. The third kappa shape index (κ3) is 3.32. The summed E-state index contributed by atoms with van der Waals surface area (Å²) in [7, 11) is 1.35. The summed E-state index contributed by atoms with van der Waals surface area (Å²) < 4.78 is 11.2. The SMILES string of the molecule is COC(=O)c1ccc(Oc2ncc(Br)cc2C)cc1. The van der Waals surface area contributed by atoms with Crippen LogP contribution in [0.15, 0.2) is 41.0 Å². The molecule has 2 rings (SSSR count). The highest BCUT2D eigenvalue weighted by Crippen LogP contribution is 2.25. The van der Waals surface area contributed by atoms with Crippen LogP contribution in [0.25, 0.3) is 0 Å². The molecule has 0 aliphatic rings. The maximum atomic E-state index is 11.3. The number of nitrogens with zero attached hydrogens (tertiary/aromatic N) is 1. The van der Waals surface area contributed by atoms with E-state index in [1.165, 1.54) is 7.11 Å². The van der Waals surface area contributed by atoms with Gasteiger partial charge in [-0.25, -0.2) is 9.78 Å². The van der Waals surface area contributed by atoms with Gasteiger partial charge in [0.05, 0.1) is 12.7 Å². The van der Waals surface area contributed by atoms with Gasteiger partial charge in [-0.3, -0.25) is 0 Å². The zero-order chi connectivity index (χ0) is 13.8. The molecule has 0 amide bonds. The third-order valence-electron chi connectivity index (χ3n) is 2.49. The number of esters is 1. The van der Waals surface area contributed by atoms with Crippen molar-refractivity contribution in [1.82, 2.24) is 4.98 Å². The number of hydrogen-bond acceptors (Lipinski definition) is 4. The average Bonchev–Trinajstić information content (AvgIpc) is 2.42. The van der Waals surface area contributed by atoms with Gasteiger partial charge in [0.15, 0.2) is 0 Å². The number of benzene rings is 1. The molecule has 0 fully saturated rings. The van der Waals surface area contributed by atoms with E-state index in [0.29, 0.717) is 17.2 Å². The minimum atomic E-state index is -0.371. The van der Waals surface area contributed by atoms with E-state index in [4.69, 9.17) is 4.74 Å². The van der Waals surface area contributed by atoms with Crippen molar-refractivity contribution in [3.05, 3.63) is 52.1 Å². The highest BCUT2D eigenvalue weighted by molar-refractivity contribution is 9.10. The molecule has 98 valence electrons. The van der Waals surface area contributed by atoms with E-state index in [1.807, 2.05) is 13.0 Å². The quantitative estimate of drug-likeness (QED) is 0.808. The lowest BCUT2D eigenvalue weighted by Gasteiger charge is -2.08. The Labute approximate surface area is 119 Å². The van der Waals surface area contributed by atoms with Crippen molar-refractivity contribution in [3.8, 4) is 11.6 Å². The van der Waals surface area contributed by atoms with Gasteiger partial charge in [-0.1, -0.05) is 0 Å². The first-order chi connectivity index (χ1) is 9.10. The summed E-state index contributed by atoms with van der Waals surface area (Å²) in [5, 5.41) is 0. The zero-order valence-corrected chi connectivity index (χ0v) is 12.1. The highest BCUT2D eigenvalue weighted by Gasteiger charge is 2.07. The lowest BCUT2D eigenvalue weighted by Crippen LogP contribution is -2.00. The number of hydrogen-bond donors (Lipinski definition) is 0. The van der Waals surface area contributed by atoms with Crippen molar-refractivity contribution >= 4 is 21.9 Å². The molecule has 19 heavy (non-hydrogen) atoms. The van der Waals surface area contributed by atoms with Gasteiger partial charge >= 0.3 is 5.97 Å². The van der Waals surface area contributed by atoms with Gasteiger partial charge in [-0.05, 0) is 53.2 Å². The molecule has 1 aromatic carbocycles. The molecule has 0 N–H and O–H groups in total. The predicted molar refractivity (Wildman–Crippen MR) is 74.5 cm³/mol. The van der Waals surface area contributed by atoms with Gasteiger partial charge in [0.25, 0.3) is 0 Å². The van der Waals surface area contributed by atoms with Crippen molar-refractivity contribution in [2.75, 3.05) is 7.11 Å². The fourth-order valence-electron chi connectivity index (χ4n) is 1.52. The first-order valence-electron chi connectivity index (χ1n) is 5.58. The Balaban J connectivity index is 2.17. The molecule has 0 bridgehead atoms. The van der Waals surface area contributed by atoms with Crippen LogP contribution in [-0.4, -0.2) is 18.1 Å². The Bertz CT molecular complexity index is 596. The first-order valence-corrected chi connectivity index (χ1v) is 6.38. The summed E-state index contributed by atoms with van der Waals surface area (Å²) in [6.07, 6.45) is 1.67. The van der Waals surface area contributed by atoms with Gasteiger partial charge in [0.1, 0.15) is 5.75 Å². The summed E-state index contributed by atoms with van der Waals surface area (Å²) >= 11 is 3.35. The van der Waals surface area contributed by atoms with Crippen molar-refractivity contribution in [3.63, 3.8) is 0 Å². The molecular formula is C14H12BrNO3. The molecule has 0 atom stereocenters. The highest BCUT2D eigenvalue weighted by atomic mass is 79.9. The van der Waals surface area contributed by atoms with Gasteiger partial charge in [-0.2, -0.15) is 0 Å². The number of methoxy groups -OCH3 is 1. The molecule has 2 aromatic rings. The standard InChI is InChI=1S/C14H12BrNO3/c1-9-7-11(15)8-16-13(9)19-12-5-3-10(4-6-12)14(17)18-2/h3-8H,1-2H3. The topological polar surface area (TPSA) is 48.4 Å². The Hall–Kier alpha value is -1.88. The summed E-state index contributed by atoms with van der Waals surface area (Å²) in [6.45, 7) is 1.91. The summed E-state index contributed by atoms with van der Waals surface area (Å²) in [6, 6.07) is 8.63. The summed E-state index contributed by atoms with van der Waals surface area (Å²) in [4.78, 5) is 15.5. The number of carbonyl (C=O) groups is 1. The van der Waals surface area contributed by atoms with Crippen LogP contribution in [0, 0.1) is 6.92 Å². The van der Waals surface area contributed by atoms with Gasteiger partial charge in [0, 0.05) is 16.2 Å². The Morgan fingerprint density at radius 3 is 2.53 bits per heavy atom. The van der Waals surface area contributed by atoms with Crippen LogP contribution in [0.3, 0.4) is 0 Å². The van der Waals surface area contributed by atoms with Crippen molar-refractivity contribution in [2.24, 2.45) is 0 Å². The van der Waals surface area contributed by atoms with E-state index in [9.17, 15) is 4.79 Å². The maximum Gasteiger partial charge on any atom is 0.337 e. The Kier molecular flexibility index (Phi) is 4.16. The molecule has 0 saturated heterocycles. The van der Waals surface area contributed by atoms with E-state index < -0.39 is 0 Å². The predicted octanol–water partition coefficient (Wildman–Crippen LogP) is 3.73. The molecule has 4 nitrogen and oxygen atoms in total. The number of ether oxygens (including phenoxy) is 2. The third-order valence-corrected chi connectivity index (χ3v) is 2.92. The molecule has 0 aliphatic heterocycles. The second-order valence-corrected chi connectivity index (χ2v) is 4.81. The lowest BCUT2D eigenvalue weighted by atomic mass is 10.2. The number of aromatic nitrogens is 1. The van der Waals surface area contributed by atoms with Crippen LogP contribution in [0.2, 0.25) is 0 Å². The van der Waals surface area contributed by atoms with Crippen LogP contribution in [0.5, 0.6) is 11.6 Å².